The van der Waals surface area contributed by atoms with E-state index in [0.717, 1.165) is 18.1 Å². The van der Waals surface area contributed by atoms with Crippen LogP contribution in [0.3, 0.4) is 0 Å². The van der Waals surface area contributed by atoms with Crippen LogP contribution in [0.25, 0.3) is 0 Å². The Hall–Kier alpha value is -1.81. The Bertz CT molecular complexity index is 464. The predicted molar refractivity (Wildman–Crippen MR) is 72.5 cm³/mol. The van der Waals surface area contributed by atoms with E-state index in [2.05, 4.69) is 28.2 Å². The average molecular weight is 245 g/mol. The fourth-order valence-corrected chi connectivity index (χ4v) is 1.76. The third-order valence-electron chi connectivity index (χ3n) is 3.07. The van der Waals surface area contributed by atoms with Crippen molar-refractivity contribution >= 4 is 5.82 Å². The van der Waals surface area contributed by atoms with E-state index in [1.807, 2.05) is 38.5 Å². The zero-order valence-electron chi connectivity index (χ0n) is 11.1. The second-order valence-corrected chi connectivity index (χ2v) is 4.40. The number of furan rings is 1. The van der Waals surface area contributed by atoms with Gasteiger partial charge in [0.25, 0.3) is 0 Å². The van der Waals surface area contributed by atoms with Crippen molar-refractivity contribution in [2.75, 3.05) is 19.0 Å². The van der Waals surface area contributed by atoms with Gasteiger partial charge in [-0.1, -0.05) is 6.07 Å². The molecule has 1 unspecified atom stereocenters. The number of hydrogen-bond donors (Lipinski definition) is 1. The summed E-state index contributed by atoms with van der Waals surface area (Å²) in [7, 11) is 3.95. The normalized spacial score (nSPS) is 12.4. The number of anilines is 1. The first-order valence-electron chi connectivity index (χ1n) is 6.07. The minimum absolute atomic E-state index is 0.321. The van der Waals surface area contributed by atoms with Crippen LogP contribution >= 0.6 is 0 Å². The molecule has 4 nitrogen and oxygen atoms in total. The van der Waals surface area contributed by atoms with Crippen molar-refractivity contribution in [1.29, 1.82) is 0 Å². The minimum atomic E-state index is 0.321. The molecule has 2 heterocycles. The molecular weight excluding hydrogens is 226 g/mol. The Balaban J connectivity index is 2.04. The van der Waals surface area contributed by atoms with Gasteiger partial charge < -0.3 is 14.6 Å². The van der Waals surface area contributed by atoms with Gasteiger partial charge in [0.15, 0.2) is 0 Å². The molecular formula is C14H19N3O. The van der Waals surface area contributed by atoms with Crippen LogP contribution in [-0.4, -0.2) is 19.1 Å². The topological polar surface area (TPSA) is 41.3 Å². The van der Waals surface area contributed by atoms with Crippen LogP contribution < -0.4 is 10.2 Å². The molecule has 2 rings (SSSR count). The predicted octanol–water partition coefficient (Wildman–Crippen LogP) is 2.59. The molecule has 0 aliphatic heterocycles. The monoisotopic (exact) mass is 245 g/mol. The number of nitrogens with zero attached hydrogens (tertiary/aromatic N) is 2. The maximum Gasteiger partial charge on any atom is 0.128 e. The lowest BCUT2D eigenvalue weighted by atomic mass is 10.1. The van der Waals surface area contributed by atoms with E-state index in [4.69, 9.17) is 4.42 Å². The Kier molecular flexibility index (Phi) is 3.99. The molecule has 0 spiro atoms. The summed E-state index contributed by atoms with van der Waals surface area (Å²) in [5.74, 6) is 1.88. The lowest BCUT2D eigenvalue weighted by Gasteiger charge is -2.18. The second kappa shape index (κ2) is 5.69. The summed E-state index contributed by atoms with van der Waals surface area (Å²) in [6.45, 7) is 2.84. The van der Waals surface area contributed by atoms with Crippen LogP contribution in [0.15, 0.2) is 41.1 Å². The van der Waals surface area contributed by atoms with Crippen LogP contribution in [-0.2, 0) is 6.54 Å². The Morgan fingerprint density at radius 2 is 2.22 bits per heavy atom. The molecule has 0 amide bonds. The molecule has 0 saturated carbocycles. The highest BCUT2D eigenvalue weighted by atomic mass is 16.3. The van der Waals surface area contributed by atoms with E-state index in [9.17, 15) is 0 Å². The molecule has 0 aliphatic carbocycles. The van der Waals surface area contributed by atoms with E-state index in [-0.39, 0.29) is 0 Å². The fraction of sp³-hybridized carbons (Fsp3) is 0.357. The van der Waals surface area contributed by atoms with Crippen LogP contribution in [0.2, 0.25) is 0 Å². The van der Waals surface area contributed by atoms with E-state index < -0.39 is 0 Å². The number of rotatable bonds is 5. The third-order valence-corrected chi connectivity index (χ3v) is 3.07. The molecule has 0 bridgehead atoms. The summed E-state index contributed by atoms with van der Waals surface area (Å²) in [5, 5.41) is 3.20. The van der Waals surface area contributed by atoms with E-state index in [1.54, 1.807) is 6.26 Å². The van der Waals surface area contributed by atoms with Gasteiger partial charge >= 0.3 is 0 Å². The lowest BCUT2D eigenvalue weighted by molar-refractivity contribution is 0.507. The summed E-state index contributed by atoms with van der Waals surface area (Å²) in [6.07, 6.45) is 3.60. The van der Waals surface area contributed by atoms with Crippen molar-refractivity contribution in [1.82, 2.24) is 10.3 Å². The van der Waals surface area contributed by atoms with Crippen molar-refractivity contribution < 1.29 is 4.42 Å². The SMILES string of the molecule is CNC(C)c1ccc(N(C)Cc2ccco2)nc1. The molecule has 2 aromatic rings. The van der Waals surface area contributed by atoms with Gasteiger partial charge in [0, 0.05) is 19.3 Å². The molecule has 0 radical (unpaired) electrons. The van der Waals surface area contributed by atoms with Gasteiger partial charge in [-0.15, -0.1) is 0 Å². The molecule has 2 aromatic heterocycles. The zero-order chi connectivity index (χ0) is 13.0. The van der Waals surface area contributed by atoms with E-state index in [1.165, 1.54) is 5.56 Å². The van der Waals surface area contributed by atoms with Crippen LogP contribution in [0.5, 0.6) is 0 Å². The number of aromatic nitrogens is 1. The van der Waals surface area contributed by atoms with Gasteiger partial charge in [0.2, 0.25) is 0 Å². The second-order valence-electron chi connectivity index (χ2n) is 4.40. The highest BCUT2D eigenvalue weighted by Crippen LogP contribution is 2.16. The van der Waals surface area contributed by atoms with Crippen LogP contribution in [0, 0.1) is 0 Å². The van der Waals surface area contributed by atoms with E-state index in [0.29, 0.717) is 6.04 Å². The van der Waals surface area contributed by atoms with Gasteiger partial charge in [-0.3, -0.25) is 0 Å². The number of hydrogen-bond acceptors (Lipinski definition) is 4. The van der Waals surface area contributed by atoms with E-state index >= 15 is 0 Å². The molecule has 0 saturated heterocycles. The van der Waals surface area contributed by atoms with Crippen LogP contribution in [0.1, 0.15) is 24.3 Å². The largest absolute Gasteiger partial charge is 0.467 e. The first-order chi connectivity index (χ1) is 8.70. The molecule has 96 valence electrons. The van der Waals surface area contributed by atoms with Gasteiger partial charge in [0.05, 0.1) is 12.8 Å². The lowest BCUT2D eigenvalue weighted by Crippen LogP contribution is -2.18. The first kappa shape index (κ1) is 12.6. The summed E-state index contributed by atoms with van der Waals surface area (Å²) in [4.78, 5) is 6.53. The summed E-state index contributed by atoms with van der Waals surface area (Å²) in [6, 6.07) is 8.32. The minimum Gasteiger partial charge on any atom is -0.467 e. The van der Waals surface area contributed by atoms with Crippen molar-refractivity contribution in [3.63, 3.8) is 0 Å². The van der Waals surface area contributed by atoms with Gasteiger partial charge in [-0.2, -0.15) is 0 Å². The Morgan fingerprint density at radius 1 is 1.39 bits per heavy atom. The summed E-state index contributed by atoms with van der Waals surface area (Å²) >= 11 is 0. The maximum absolute atomic E-state index is 5.33. The van der Waals surface area contributed by atoms with Gasteiger partial charge in [-0.25, -0.2) is 4.98 Å². The van der Waals surface area contributed by atoms with Gasteiger partial charge in [0.1, 0.15) is 11.6 Å². The van der Waals surface area contributed by atoms with Crippen molar-refractivity contribution in [2.45, 2.75) is 19.5 Å². The first-order valence-corrected chi connectivity index (χ1v) is 6.07. The smallest absolute Gasteiger partial charge is 0.128 e. The summed E-state index contributed by atoms with van der Waals surface area (Å²) in [5.41, 5.74) is 1.19. The van der Waals surface area contributed by atoms with Gasteiger partial charge in [-0.05, 0) is 37.7 Å². The van der Waals surface area contributed by atoms with Crippen LogP contribution in [0.4, 0.5) is 5.82 Å². The molecule has 0 fully saturated rings. The quantitative estimate of drug-likeness (QED) is 0.879. The maximum atomic E-state index is 5.33. The Labute approximate surface area is 108 Å². The summed E-state index contributed by atoms with van der Waals surface area (Å²) < 4.78 is 5.33. The third kappa shape index (κ3) is 2.90. The molecule has 4 heteroatoms. The zero-order valence-corrected chi connectivity index (χ0v) is 11.1. The average Bonchev–Trinajstić information content (AvgIpc) is 2.91. The molecule has 0 aliphatic rings. The fourth-order valence-electron chi connectivity index (χ4n) is 1.76. The van der Waals surface area contributed by atoms with Crippen molar-refractivity contribution in [3.05, 3.63) is 48.0 Å². The highest BCUT2D eigenvalue weighted by molar-refractivity contribution is 5.39. The van der Waals surface area contributed by atoms with Crippen molar-refractivity contribution in [2.24, 2.45) is 0 Å². The molecule has 0 aromatic carbocycles. The highest BCUT2D eigenvalue weighted by Gasteiger charge is 2.07. The standard InChI is InChI=1S/C14H19N3O/c1-11(15-2)12-6-7-14(16-9-12)17(3)10-13-5-4-8-18-13/h4-9,11,15H,10H2,1-3H3. The number of nitrogens with one attached hydrogen (secondary N) is 1. The molecule has 18 heavy (non-hydrogen) atoms. The number of pyridine rings is 1. The molecule has 1 N–H and O–H groups in total. The Morgan fingerprint density at radius 3 is 2.78 bits per heavy atom. The molecule has 1 atom stereocenters. The van der Waals surface area contributed by atoms with Crippen molar-refractivity contribution in [3.8, 4) is 0 Å².